The van der Waals surface area contributed by atoms with Gasteiger partial charge in [-0.2, -0.15) is 0 Å². The van der Waals surface area contributed by atoms with Gasteiger partial charge in [0.25, 0.3) is 0 Å². The van der Waals surface area contributed by atoms with E-state index in [1.807, 2.05) is 13.8 Å². The van der Waals surface area contributed by atoms with Crippen LogP contribution < -0.4 is 0 Å². The molecule has 0 aromatic heterocycles. The highest BCUT2D eigenvalue weighted by molar-refractivity contribution is 5.98. The van der Waals surface area contributed by atoms with E-state index >= 15 is 0 Å². The molecular weight excluding hydrogens is 244 g/mol. The summed E-state index contributed by atoms with van der Waals surface area (Å²) < 4.78 is 0. The Kier molecular flexibility index (Phi) is 3.63. The Labute approximate surface area is 112 Å². The fourth-order valence-electron chi connectivity index (χ4n) is 3.38. The number of ketones is 1. The smallest absolute Gasteiger partial charge is 0.331 e. The number of carbonyl (C=O) groups is 2. The van der Waals surface area contributed by atoms with Gasteiger partial charge in [0.05, 0.1) is 6.10 Å². The maximum Gasteiger partial charge on any atom is 0.331 e. The summed E-state index contributed by atoms with van der Waals surface area (Å²) in [6, 6.07) is 0. The number of fused-ring (bicyclic) bond motifs is 1. The van der Waals surface area contributed by atoms with E-state index in [4.69, 9.17) is 5.11 Å². The SMILES string of the molecule is C=C(C(=O)O)[C@@H]1CC2=C(C)C(=O)C[C@@H]2[C@H](C)C[C@@H]1O. The van der Waals surface area contributed by atoms with Crippen LogP contribution in [0.4, 0.5) is 0 Å². The topological polar surface area (TPSA) is 74.6 Å². The number of aliphatic hydroxyl groups excluding tert-OH is 1. The van der Waals surface area contributed by atoms with Gasteiger partial charge in [0.15, 0.2) is 5.78 Å². The summed E-state index contributed by atoms with van der Waals surface area (Å²) in [5, 5.41) is 19.3. The van der Waals surface area contributed by atoms with Crippen molar-refractivity contribution in [2.24, 2.45) is 17.8 Å². The van der Waals surface area contributed by atoms with Crippen molar-refractivity contribution in [1.82, 2.24) is 0 Å². The van der Waals surface area contributed by atoms with Gasteiger partial charge in [-0.3, -0.25) is 4.79 Å². The molecule has 1 fully saturated rings. The van der Waals surface area contributed by atoms with E-state index in [1.54, 1.807) is 0 Å². The van der Waals surface area contributed by atoms with Crippen molar-refractivity contribution in [1.29, 1.82) is 0 Å². The molecule has 0 unspecified atom stereocenters. The molecule has 4 nitrogen and oxygen atoms in total. The van der Waals surface area contributed by atoms with Gasteiger partial charge in [0, 0.05) is 17.9 Å². The predicted molar refractivity (Wildman–Crippen MR) is 70.5 cm³/mol. The molecule has 0 bridgehead atoms. The van der Waals surface area contributed by atoms with Crippen LogP contribution in [0.2, 0.25) is 0 Å². The summed E-state index contributed by atoms with van der Waals surface area (Å²) in [6.07, 6.45) is 0.769. The Bertz CT molecular complexity index is 475. The number of hydrogen-bond acceptors (Lipinski definition) is 3. The number of Topliss-reactive ketones (excluding diaryl/α,β-unsaturated/α-hetero) is 1. The number of rotatable bonds is 2. The molecule has 2 rings (SSSR count). The first kappa shape index (κ1) is 14.0. The first-order chi connectivity index (χ1) is 8.82. The fourth-order valence-corrected chi connectivity index (χ4v) is 3.38. The summed E-state index contributed by atoms with van der Waals surface area (Å²) in [6.45, 7) is 7.41. The highest BCUT2D eigenvalue weighted by Crippen LogP contribution is 2.45. The van der Waals surface area contributed by atoms with Crippen LogP contribution in [0.1, 0.15) is 33.1 Å². The number of hydrogen-bond donors (Lipinski definition) is 2. The Morgan fingerprint density at radius 1 is 1.37 bits per heavy atom. The molecule has 4 atom stereocenters. The van der Waals surface area contributed by atoms with Crippen LogP contribution in [0.15, 0.2) is 23.3 Å². The molecule has 0 aromatic carbocycles. The van der Waals surface area contributed by atoms with Crippen molar-refractivity contribution in [3.63, 3.8) is 0 Å². The van der Waals surface area contributed by atoms with Crippen molar-refractivity contribution in [3.8, 4) is 0 Å². The average Bonchev–Trinajstić information content (AvgIpc) is 2.54. The normalized spacial score (nSPS) is 35.0. The quantitative estimate of drug-likeness (QED) is 0.747. The minimum Gasteiger partial charge on any atom is -0.478 e. The van der Waals surface area contributed by atoms with Crippen LogP contribution in [-0.4, -0.2) is 28.1 Å². The molecule has 0 amide bonds. The van der Waals surface area contributed by atoms with Crippen LogP contribution >= 0.6 is 0 Å². The highest BCUT2D eigenvalue weighted by Gasteiger charge is 2.41. The van der Waals surface area contributed by atoms with Gasteiger partial charge in [0.1, 0.15) is 0 Å². The first-order valence-corrected chi connectivity index (χ1v) is 6.66. The lowest BCUT2D eigenvalue weighted by molar-refractivity contribution is -0.133. The standard InChI is InChI=1S/C15H20O4/c1-7-4-14(17)12(9(3)15(18)19)5-11-8(2)13(16)6-10(7)11/h7,10,12,14,17H,3-6H2,1-2H3,(H,18,19)/t7-,10-,12+,14+/m1/s1. The van der Waals surface area contributed by atoms with Gasteiger partial charge in [0.2, 0.25) is 0 Å². The highest BCUT2D eigenvalue weighted by atomic mass is 16.4. The van der Waals surface area contributed by atoms with E-state index in [0.717, 1.165) is 11.1 Å². The third kappa shape index (κ3) is 2.37. The van der Waals surface area contributed by atoms with E-state index in [0.29, 0.717) is 19.3 Å². The summed E-state index contributed by atoms with van der Waals surface area (Å²) in [4.78, 5) is 22.9. The maximum atomic E-state index is 11.8. The third-order valence-electron chi connectivity index (χ3n) is 4.68. The van der Waals surface area contributed by atoms with Gasteiger partial charge in [-0.25, -0.2) is 4.79 Å². The molecular formula is C15H20O4. The van der Waals surface area contributed by atoms with Crippen molar-refractivity contribution in [2.45, 2.75) is 39.2 Å². The number of carbonyl (C=O) groups excluding carboxylic acids is 1. The predicted octanol–water partition coefficient (Wildman–Crippen LogP) is 1.94. The second-order valence-corrected chi connectivity index (χ2v) is 5.81. The van der Waals surface area contributed by atoms with Crippen LogP contribution in [0.5, 0.6) is 0 Å². The van der Waals surface area contributed by atoms with E-state index < -0.39 is 18.0 Å². The molecule has 2 aliphatic rings. The van der Waals surface area contributed by atoms with Crippen LogP contribution in [0.25, 0.3) is 0 Å². The molecule has 2 aliphatic carbocycles. The van der Waals surface area contributed by atoms with E-state index in [1.165, 1.54) is 0 Å². The summed E-state index contributed by atoms with van der Waals surface area (Å²) in [7, 11) is 0. The molecule has 0 radical (unpaired) electrons. The second-order valence-electron chi connectivity index (χ2n) is 5.81. The lowest BCUT2D eigenvalue weighted by atomic mass is 9.86. The zero-order chi connectivity index (χ0) is 14.3. The zero-order valence-corrected chi connectivity index (χ0v) is 11.3. The number of aliphatic carboxylic acids is 1. The van der Waals surface area contributed by atoms with E-state index in [2.05, 4.69) is 6.58 Å². The molecule has 0 saturated heterocycles. The van der Waals surface area contributed by atoms with Crippen LogP contribution in [0, 0.1) is 17.8 Å². The lowest BCUT2D eigenvalue weighted by Gasteiger charge is -2.21. The van der Waals surface area contributed by atoms with E-state index in [9.17, 15) is 14.7 Å². The molecule has 1 saturated carbocycles. The Morgan fingerprint density at radius 3 is 2.58 bits per heavy atom. The van der Waals surface area contributed by atoms with Crippen molar-refractivity contribution >= 4 is 11.8 Å². The molecule has 0 aromatic rings. The third-order valence-corrected chi connectivity index (χ3v) is 4.68. The molecule has 0 spiro atoms. The molecule has 0 aliphatic heterocycles. The van der Waals surface area contributed by atoms with Gasteiger partial charge in [-0.15, -0.1) is 0 Å². The number of allylic oxidation sites excluding steroid dienone is 2. The minimum absolute atomic E-state index is 0.0417. The van der Waals surface area contributed by atoms with Gasteiger partial charge in [-0.1, -0.05) is 19.1 Å². The molecule has 0 heterocycles. The second kappa shape index (κ2) is 4.93. The molecule has 19 heavy (non-hydrogen) atoms. The Hall–Kier alpha value is -1.42. The summed E-state index contributed by atoms with van der Waals surface area (Å²) in [5.41, 5.74) is 1.83. The number of carboxylic acid groups (broad SMARTS) is 1. The Balaban J connectivity index is 2.37. The zero-order valence-electron chi connectivity index (χ0n) is 11.3. The fraction of sp³-hybridized carbons (Fsp3) is 0.600. The van der Waals surface area contributed by atoms with Crippen molar-refractivity contribution in [2.75, 3.05) is 0 Å². The summed E-state index contributed by atoms with van der Waals surface area (Å²) >= 11 is 0. The summed E-state index contributed by atoms with van der Waals surface area (Å²) in [5.74, 6) is -1.05. The van der Waals surface area contributed by atoms with Crippen LogP contribution in [-0.2, 0) is 9.59 Å². The molecule has 2 N–H and O–H groups in total. The van der Waals surface area contributed by atoms with Gasteiger partial charge < -0.3 is 10.2 Å². The molecule has 4 heteroatoms. The van der Waals surface area contributed by atoms with E-state index in [-0.39, 0.29) is 23.2 Å². The monoisotopic (exact) mass is 264 g/mol. The first-order valence-electron chi connectivity index (χ1n) is 6.66. The largest absolute Gasteiger partial charge is 0.478 e. The average molecular weight is 264 g/mol. The van der Waals surface area contributed by atoms with Crippen molar-refractivity contribution in [3.05, 3.63) is 23.3 Å². The minimum atomic E-state index is -1.07. The number of aliphatic hydroxyl groups is 1. The van der Waals surface area contributed by atoms with Gasteiger partial charge >= 0.3 is 5.97 Å². The van der Waals surface area contributed by atoms with Gasteiger partial charge in [-0.05, 0) is 37.2 Å². The lowest BCUT2D eigenvalue weighted by Crippen LogP contribution is -2.25. The van der Waals surface area contributed by atoms with Crippen LogP contribution in [0.3, 0.4) is 0 Å². The Morgan fingerprint density at radius 2 is 2.00 bits per heavy atom. The van der Waals surface area contributed by atoms with Crippen molar-refractivity contribution < 1.29 is 19.8 Å². The number of carboxylic acids is 1. The molecule has 104 valence electrons. The maximum absolute atomic E-state index is 11.8.